The molecule has 1 fully saturated rings. The maximum atomic E-state index is 11.7. The Bertz CT molecular complexity index is 562. The van der Waals surface area contributed by atoms with E-state index >= 15 is 0 Å². The third-order valence-corrected chi connectivity index (χ3v) is 3.41. The van der Waals surface area contributed by atoms with Crippen LogP contribution in [-0.4, -0.2) is 43.1 Å². The molecule has 1 aliphatic heterocycles. The molecule has 0 bridgehead atoms. The number of ether oxygens (including phenoxy) is 5. The van der Waals surface area contributed by atoms with Gasteiger partial charge in [0.25, 0.3) is 0 Å². The Morgan fingerprint density at radius 3 is 2.32 bits per heavy atom. The van der Waals surface area contributed by atoms with Gasteiger partial charge in [0.1, 0.15) is 5.76 Å². The Balaban J connectivity index is 2.20. The second-order valence-electron chi connectivity index (χ2n) is 4.53. The first-order chi connectivity index (χ1) is 10.5. The number of rotatable bonds is 7. The molecule has 0 radical (unpaired) electrons. The van der Waals surface area contributed by atoms with Gasteiger partial charge in [0, 0.05) is 13.5 Å². The smallest absolute Gasteiger partial charge is 0.328 e. The van der Waals surface area contributed by atoms with Gasteiger partial charge in [-0.2, -0.15) is 9.97 Å². The topological polar surface area (TPSA) is 89.0 Å². The van der Waals surface area contributed by atoms with E-state index in [1.807, 2.05) is 6.92 Å². The first-order valence-electron chi connectivity index (χ1n) is 6.61. The zero-order chi connectivity index (χ0) is 16.3. The second-order valence-corrected chi connectivity index (χ2v) is 4.53. The van der Waals surface area contributed by atoms with Crippen molar-refractivity contribution < 1.29 is 28.5 Å². The van der Waals surface area contributed by atoms with Crippen LogP contribution in [0, 0.1) is 5.92 Å². The fourth-order valence-corrected chi connectivity index (χ4v) is 2.18. The summed E-state index contributed by atoms with van der Waals surface area (Å²) in [4.78, 5) is 19.7. The summed E-state index contributed by atoms with van der Waals surface area (Å²) in [5.41, 5.74) is 0. The van der Waals surface area contributed by atoms with E-state index < -0.39 is 17.7 Å². The molecule has 0 saturated carbocycles. The van der Waals surface area contributed by atoms with E-state index in [4.69, 9.17) is 23.7 Å². The quantitative estimate of drug-likeness (QED) is 0.550. The van der Waals surface area contributed by atoms with Crippen molar-refractivity contribution in [1.82, 2.24) is 9.97 Å². The van der Waals surface area contributed by atoms with Crippen molar-refractivity contribution >= 4 is 5.97 Å². The molecule has 8 heteroatoms. The van der Waals surface area contributed by atoms with Gasteiger partial charge < -0.3 is 23.7 Å². The molecule has 2 heterocycles. The molecule has 1 aromatic heterocycles. The van der Waals surface area contributed by atoms with Crippen molar-refractivity contribution in [3.63, 3.8) is 0 Å². The second kappa shape index (κ2) is 6.18. The minimum atomic E-state index is -1.06. The van der Waals surface area contributed by atoms with E-state index in [1.165, 1.54) is 27.4 Å². The Morgan fingerprint density at radius 1 is 1.32 bits per heavy atom. The molecule has 0 spiro atoms. The van der Waals surface area contributed by atoms with Crippen molar-refractivity contribution in [3.05, 3.63) is 18.4 Å². The number of carbonyl (C=O) groups excluding carboxylic acids is 1. The SMILES string of the molecule is C=C(Oc1nc(OC)cc(OC)n1)C1C(=O)OC1(CC)OC. The van der Waals surface area contributed by atoms with Crippen molar-refractivity contribution in [2.75, 3.05) is 21.3 Å². The van der Waals surface area contributed by atoms with E-state index in [1.54, 1.807) is 0 Å². The number of hydrogen-bond acceptors (Lipinski definition) is 8. The fraction of sp³-hybridized carbons (Fsp3) is 0.500. The highest BCUT2D eigenvalue weighted by Crippen LogP contribution is 2.42. The van der Waals surface area contributed by atoms with E-state index in [2.05, 4.69) is 16.5 Å². The normalized spacial score (nSPS) is 23.3. The Labute approximate surface area is 128 Å². The molecule has 22 heavy (non-hydrogen) atoms. The third-order valence-electron chi connectivity index (χ3n) is 3.41. The monoisotopic (exact) mass is 310 g/mol. The average Bonchev–Trinajstić information content (AvgIpc) is 2.51. The molecule has 2 unspecified atom stereocenters. The highest BCUT2D eigenvalue weighted by Gasteiger charge is 2.59. The number of nitrogens with zero attached hydrogens (tertiary/aromatic N) is 2. The zero-order valence-corrected chi connectivity index (χ0v) is 12.9. The van der Waals surface area contributed by atoms with Gasteiger partial charge in [-0.1, -0.05) is 13.5 Å². The summed E-state index contributed by atoms with van der Waals surface area (Å²) in [5, 5.41) is 0. The van der Waals surface area contributed by atoms with Gasteiger partial charge in [-0.25, -0.2) is 0 Å². The molecule has 0 aliphatic carbocycles. The van der Waals surface area contributed by atoms with E-state index in [0.29, 0.717) is 6.42 Å². The lowest BCUT2D eigenvalue weighted by atomic mass is 9.89. The number of methoxy groups -OCH3 is 3. The van der Waals surface area contributed by atoms with Crippen LogP contribution in [0.3, 0.4) is 0 Å². The number of esters is 1. The minimum Gasteiger partial charge on any atom is -0.481 e. The van der Waals surface area contributed by atoms with Crippen molar-refractivity contribution in [2.45, 2.75) is 19.1 Å². The molecule has 0 N–H and O–H groups in total. The number of cyclic esters (lactones) is 1. The number of aromatic nitrogens is 2. The molecule has 2 atom stereocenters. The maximum Gasteiger partial charge on any atom is 0.328 e. The van der Waals surface area contributed by atoms with Crippen LogP contribution < -0.4 is 14.2 Å². The van der Waals surface area contributed by atoms with E-state index in [-0.39, 0.29) is 23.5 Å². The summed E-state index contributed by atoms with van der Waals surface area (Å²) >= 11 is 0. The van der Waals surface area contributed by atoms with Gasteiger partial charge in [0.15, 0.2) is 5.92 Å². The van der Waals surface area contributed by atoms with Gasteiger partial charge in [-0.05, 0) is 0 Å². The maximum absolute atomic E-state index is 11.7. The largest absolute Gasteiger partial charge is 0.481 e. The molecule has 8 nitrogen and oxygen atoms in total. The lowest BCUT2D eigenvalue weighted by Gasteiger charge is -2.45. The van der Waals surface area contributed by atoms with Crippen LogP contribution >= 0.6 is 0 Å². The van der Waals surface area contributed by atoms with E-state index in [0.717, 1.165) is 0 Å². The summed E-state index contributed by atoms with van der Waals surface area (Å²) in [5.74, 6) is -1.61. The van der Waals surface area contributed by atoms with Crippen molar-refractivity contribution in [2.24, 2.45) is 5.92 Å². The first kappa shape index (κ1) is 16.0. The minimum absolute atomic E-state index is 0.0398. The van der Waals surface area contributed by atoms with Crippen molar-refractivity contribution in [3.8, 4) is 17.8 Å². The number of carbonyl (C=O) groups is 1. The highest BCUT2D eigenvalue weighted by molar-refractivity contribution is 5.82. The van der Waals surface area contributed by atoms with E-state index in [9.17, 15) is 4.79 Å². The Kier molecular flexibility index (Phi) is 4.51. The standard InChI is InChI=1S/C14H18N2O6/c1-6-14(20-5)11(12(17)22-14)8(2)21-13-15-9(18-3)7-10(16-13)19-4/h7,11H,2,6H2,1,3-5H3. The molecular weight excluding hydrogens is 292 g/mol. The fourth-order valence-electron chi connectivity index (χ4n) is 2.18. The lowest BCUT2D eigenvalue weighted by molar-refractivity contribution is -0.296. The molecule has 0 aromatic carbocycles. The van der Waals surface area contributed by atoms with Crippen molar-refractivity contribution in [1.29, 1.82) is 0 Å². The molecule has 2 rings (SSSR count). The zero-order valence-electron chi connectivity index (χ0n) is 12.9. The number of hydrogen-bond donors (Lipinski definition) is 0. The highest BCUT2D eigenvalue weighted by atomic mass is 16.7. The van der Waals surface area contributed by atoms with Crippen LogP contribution in [0.15, 0.2) is 18.4 Å². The average molecular weight is 310 g/mol. The van der Waals surface area contributed by atoms with Crippen LogP contribution in [0.1, 0.15) is 13.3 Å². The molecule has 1 saturated heterocycles. The van der Waals surface area contributed by atoms with Crippen LogP contribution in [0.25, 0.3) is 0 Å². The van der Waals surface area contributed by atoms with Crippen LogP contribution in [0.5, 0.6) is 17.8 Å². The third kappa shape index (κ3) is 2.69. The van der Waals surface area contributed by atoms with Gasteiger partial charge in [0.2, 0.25) is 17.5 Å². The summed E-state index contributed by atoms with van der Waals surface area (Å²) in [6, 6.07) is 1.46. The van der Waals surface area contributed by atoms with Crippen LogP contribution in [-0.2, 0) is 14.3 Å². The van der Waals surface area contributed by atoms with Gasteiger partial charge in [-0.3, -0.25) is 4.79 Å². The van der Waals surface area contributed by atoms with Gasteiger partial charge in [0.05, 0.1) is 20.3 Å². The summed E-state index contributed by atoms with van der Waals surface area (Å²) in [7, 11) is 4.37. The molecule has 120 valence electrons. The van der Waals surface area contributed by atoms with Gasteiger partial charge >= 0.3 is 12.0 Å². The molecular formula is C14H18N2O6. The molecule has 0 amide bonds. The summed E-state index contributed by atoms with van der Waals surface area (Å²) in [6.07, 6.45) is 0.463. The lowest BCUT2D eigenvalue weighted by Crippen LogP contribution is -2.59. The molecule has 1 aliphatic rings. The summed E-state index contributed by atoms with van der Waals surface area (Å²) in [6.45, 7) is 5.59. The van der Waals surface area contributed by atoms with Crippen LogP contribution in [0.2, 0.25) is 0 Å². The van der Waals surface area contributed by atoms with Gasteiger partial charge in [-0.15, -0.1) is 0 Å². The Hall–Kier alpha value is -2.35. The predicted molar refractivity (Wildman–Crippen MR) is 74.5 cm³/mol. The predicted octanol–water partition coefficient (Wildman–Crippen LogP) is 1.31. The molecule has 1 aromatic rings. The first-order valence-corrected chi connectivity index (χ1v) is 6.61. The Morgan fingerprint density at radius 2 is 1.91 bits per heavy atom. The summed E-state index contributed by atoms with van der Waals surface area (Å²) < 4.78 is 25.9. The van der Waals surface area contributed by atoms with Crippen LogP contribution in [0.4, 0.5) is 0 Å².